The summed E-state index contributed by atoms with van der Waals surface area (Å²) in [4.78, 5) is 8.36. The number of guanidine groups is 1. The van der Waals surface area contributed by atoms with Crippen LogP contribution in [-0.2, 0) is 0 Å². The van der Waals surface area contributed by atoms with E-state index in [2.05, 4.69) is 33.6 Å². The van der Waals surface area contributed by atoms with Gasteiger partial charge in [0.2, 0.25) is 0 Å². The molecule has 0 radical (unpaired) electrons. The average Bonchev–Trinajstić information content (AvgIpc) is 2.72. The van der Waals surface area contributed by atoms with E-state index in [0.717, 1.165) is 19.0 Å². The highest BCUT2D eigenvalue weighted by molar-refractivity contribution is 5.81. The van der Waals surface area contributed by atoms with Gasteiger partial charge in [-0.1, -0.05) is 6.07 Å². The largest absolute Gasteiger partial charge is 0.355 e. The van der Waals surface area contributed by atoms with E-state index in [0.29, 0.717) is 0 Å². The van der Waals surface area contributed by atoms with Crippen molar-refractivity contribution in [2.24, 2.45) is 4.99 Å². The molecule has 4 heteroatoms. The van der Waals surface area contributed by atoms with Crippen LogP contribution in [0.3, 0.4) is 0 Å². The van der Waals surface area contributed by atoms with Crippen LogP contribution in [-0.4, -0.2) is 24.0 Å². The number of aliphatic imine (C=N–C) groups is 1. The minimum absolute atomic E-state index is 0.244. The molecule has 2 rings (SSSR count). The predicted molar refractivity (Wildman–Crippen MR) is 56.1 cm³/mol. The summed E-state index contributed by atoms with van der Waals surface area (Å²) in [5, 5.41) is 6.47. The van der Waals surface area contributed by atoms with E-state index in [4.69, 9.17) is 0 Å². The molecule has 2 heterocycles. The normalized spacial score (nSPS) is 17.1. The van der Waals surface area contributed by atoms with Crippen molar-refractivity contribution in [2.75, 3.05) is 13.1 Å². The van der Waals surface area contributed by atoms with E-state index in [-0.39, 0.29) is 6.04 Å². The molecule has 0 saturated carbocycles. The van der Waals surface area contributed by atoms with Gasteiger partial charge in [0.05, 0.1) is 12.6 Å². The lowest BCUT2D eigenvalue weighted by Crippen LogP contribution is -2.35. The van der Waals surface area contributed by atoms with E-state index < -0.39 is 0 Å². The van der Waals surface area contributed by atoms with Crippen LogP contribution in [0, 0.1) is 0 Å². The fourth-order valence-electron chi connectivity index (χ4n) is 1.42. The zero-order valence-corrected chi connectivity index (χ0v) is 8.20. The second-order valence-corrected chi connectivity index (χ2v) is 3.31. The molecule has 1 aromatic rings. The fourth-order valence-corrected chi connectivity index (χ4v) is 1.42. The first-order valence-electron chi connectivity index (χ1n) is 4.81. The van der Waals surface area contributed by atoms with Gasteiger partial charge in [-0.05, 0) is 18.6 Å². The van der Waals surface area contributed by atoms with Crippen LogP contribution in [0.25, 0.3) is 0 Å². The topological polar surface area (TPSA) is 49.3 Å². The third kappa shape index (κ3) is 2.02. The maximum Gasteiger partial charge on any atom is 0.191 e. The highest BCUT2D eigenvalue weighted by Gasteiger charge is 2.09. The van der Waals surface area contributed by atoms with Crippen LogP contribution in [0.1, 0.15) is 18.5 Å². The second kappa shape index (κ2) is 4.09. The Morgan fingerprint density at radius 1 is 1.57 bits per heavy atom. The molecule has 1 aliphatic heterocycles. The summed E-state index contributed by atoms with van der Waals surface area (Å²) in [7, 11) is 0. The molecule has 0 amide bonds. The molecule has 0 bridgehead atoms. The Bertz CT molecular complexity index is 320. The fraction of sp³-hybridized carbons (Fsp3) is 0.400. The predicted octanol–water partition coefficient (Wildman–Crippen LogP) is 0.691. The van der Waals surface area contributed by atoms with Crippen molar-refractivity contribution >= 4 is 5.96 Å². The van der Waals surface area contributed by atoms with Gasteiger partial charge in [-0.15, -0.1) is 0 Å². The molecule has 2 N–H and O–H groups in total. The van der Waals surface area contributed by atoms with Crippen molar-refractivity contribution in [3.05, 3.63) is 30.1 Å². The molecule has 14 heavy (non-hydrogen) atoms. The molecule has 1 unspecified atom stereocenters. The van der Waals surface area contributed by atoms with E-state index >= 15 is 0 Å². The first-order chi connectivity index (χ1) is 6.86. The van der Waals surface area contributed by atoms with E-state index in [9.17, 15) is 0 Å². The minimum Gasteiger partial charge on any atom is -0.355 e. The van der Waals surface area contributed by atoms with Crippen LogP contribution in [0.15, 0.2) is 29.5 Å². The van der Waals surface area contributed by atoms with E-state index in [1.807, 2.05) is 12.3 Å². The Labute approximate surface area is 83.5 Å². The number of pyridine rings is 1. The molecule has 1 atom stereocenters. The van der Waals surface area contributed by atoms with Gasteiger partial charge in [-0.3, -0.25) is 9.98 Å². The average molecular weight is 190 g/mol. The summed E-state index contributed by atoms with van der Waals surface area (Å²) < 4.78 is 0. The van der Waals surface area contributed by atoms with Crippen LogP contribution >= 0.6 is 0 Å². The summed E-state index contributed by atoms with van der Waals surface area (Å²) in [6.45, 7) is 3.89. The Morgan fingerprint density at radius 3 is 3.14 bits per heavy atom. The molecule has 74 valence electrons. The van der Waals surface area contributed by atoms with E-state index in [1.165, 1.54) is 5.56 Å². The molecular formula is C10H14N4. The maximum absolute atomic E-state index is 4.28. The van der Waals surface area contributed by atoms with Gasteiger partial charge in [-0.2, -0.15) is 0 Å². The Morgan fingerprint density at radius 2 is 2.50 bits per heavy atom. The third-order valence-corrected chi connectivity index (χ3v) is 2.21. The third-order valence-electron chi connectivity index (χ3n) is 2.21. The maximum atomic E-state index is 4.28. The summed E-state index contributed by atoms with van der Waals surface area (Å²) in [5.74, 6) is 0.890. The standard InChI is InChI=1S/C10H14N4/c1-8(9-3-2-4-11-7-9)14-10-12-5-6-13-10/h2-4,7-8H,5-6H2,1H3,(H2,12,13,14). The SMILES string of the molecule is CC(NC1=NCCN1)c1cccnc1. The Kier molecular flexibility index (Phi) is 2.62. The highest BCUT2D eigenvalue weighted by atomic mass is 15.2. The number of hydrogen-bond acceptors (Lipinski definition) is 4. The minimum atomic E-state index is 0.244. The molecule has 0 aliphatic carbocycles. The van der Waals surface area contributed by atoms with Crippen LogP contribution in [0.4, 0.5) is 0 Å². The summed E-state index contributed by atoms with van der Waals surface area (Å²) in [5.41, 5.74) is 1.17. The zero-order chi connectivity index (χ0) is 9.80. The number of nitrogens with one attached hydrogen (secondary N) is 2. The zero-order valence-electron chi connectivity index (χ0n) is 8.20. The number of rotatable bonds is 2. The molecule has 1 aromatic heterocycles. The molecule has 4 nitrogen and oxygen atoms in total. The van der Waals surface area contributed by atoms with E-state index in [1.54, 1.807) is 6.20 Å². The molecule has 0 saturated heterocycles. The van der Waals surface area contributed by atoms with Crippen LogP contribution < -0.4 is 10.6 Å². The van der Waals surface area contributed by atoms with Gasteiger partial charge in [0.1, 0.15) is 0 Å². The lowest BCUT2D eigenvalue weighted by atomic mass is 10.1. The van der Waals surface area contributed by atoms with Crippen molar-refractivity contribution in [2.45, 2.75) is 13.0 Å². The van der Waals surface area contributed by atoms with Crippen molar-refractivity contribution < 1.29 is 0 Å². The van der Waals surface area contributed by atoms with Crippen molar-refractivity contribution in [3.8, 4) is 0 Å². The van der Waals surface area contributed by atoms with Gasteiger partial charge >= 0.3 is 0 Å². The molecule has 1 aliphatic rings. The van der Waals surface area contributed by atoms with Gasteiger partial charge in [0, 0.05) is 18.9 Å². The molecular weight excluding hydrogens is 176 g/mol. The van der Waals surface area contributed by atoms with Crippen LogP contribution in [0.5, 0.6) is 0 Å². The first-order valence-corrected chi connectivity index (χ1v) is 4.81. The molecule has 0 spiro atoms. The van der Waals surface area contributed by atoms with Gasteiger partial charge < -0.3 is 10.6 Å². The van der Waals surface area contributed by atoms with Crippen molar-refractivity contribution in [3.63, 3.8) is 0 Å². The number of nitrogens with zero attached hydrogens (tertiary/aromatic N) is 2. The lowest BCUT2D eigenvalue weighted by Gasteiger charge is -2.14. The second-order valence-electron chi connectivity index (χ2n) is 3.31. The summed E-state index contributed by atoms with van der Waals surface area (Å²) in [6, 6.07) is 4.24. The number of hydrogen-bond donors (Lipinski definition) is 2. The van der Waals surface area contributed by atoms with Crippen molar-refractivity contribution in [1.82, 2.24) is 15.6 Å². The lowest BCUT2D eigenvalue weighted by molar-refractivity contribution is 0.699. The highest BCUT2D eigenvalue weighted by Crippen LogP contribution is 2.09. The van der Waals surface area contributed by atoms with Gasteiger partial charge in [0.15, 0.2) is 5.96 Å². The Hall–Kier alpha value is -1.58. The first kappa shape index (κ1) is 8.99. The molecule has 0 fully saturated rings. The van der Waals surface area contributed by atoms with Crippen LogP contribution in [0.2, 0.25) is 0 Å². The monoisotopic (exact) mass is 190 g/mol. The van der Waals surface area contributed by atoms with Crippen molar-refractivity contribution in [1.29, 1.82) is 0 Å². The summed E-state index contributed by atoms with van der Waals surface area (Å²) in [6.07, 6.45) is 3.65. The Balaban J connectivity index is 1.99. The molecule has 0 aromatic carbocycles. The number of aromatic nitrogens is 1. The van der Waals surface area contributed by atoms with Gasteiger partial charge in [0.25, 0.3) is 0 Å². The quantitative estimate of drug-likeness (QED) is 0.721. The smallest absolute Gasteiger partial charge is 0.191 e. The van der Waals surface area contributed by atoms with Gasteiger partial charge in [-0.25, -0.2) is 0 Å². The summed E-state index contributed by atoms with van der Waals surface area (Å²) >= 11 is 0.